The molecule has 2 aliphatic heterocycles. The van der Waals surface area contributed by atoms with E-state index < -0.39 is 11.0 Å². The highest BCUT2D eigenvalue weighted by Gasteiger charge is 2.35. The topological polar surface area (TPSA) is 43.8 Å². The first-order valence-electron chi connectivity index (χ1n) is 4.67. The average molecular weight is 204 g/mol. The summed E-state index contributed by atoms with van der Waals surface area (Å²) in [5.41, 5.74) is 0. The molecule has 3 atom stereocenters. The van der Waals surface area contributed by atoms with Crippen LogP contribution < -0.4 is 0 Å². The van der Waals surface area contributed by atoms with Crippen LogP contribution in [-0.4, -0.2) is 63.1 Å². The first kappa shape index (κ1) is 9.58. The van der Waals surface area contributed by atoms with Crippen LogP contribution >= 0.6 is 0 Å². The number of rotatable bonds is 1. The standard InChI is InChI=1S/C8H16N2O2S/c1-13(12)10-3-2-9-6-8(11)4-7(9)5-10/h7-8,11H,2-6H2,1H3. The quantitative estimate of drug-likeness (QED) is 0.598. The maximum Gasteiger partial charge on any atom is 0.0911 e. The Morgan fingerprint density at radius 3 is 2.85 bits per heavy atom. The third-order valence-electron chi connectivity index (χ3n) is 2.92. The maximum absolute atomic E-state index is 11.2. The minimum atomic E-state index is -0.848. The highest BCUT2D eigenvalue weighted by Crippen LogP contribution is 2.22. The lowest BCUT2D eigenvalue weighted by molar-refractivity contribution is 0.150. The van der Waals surface area contributed by atoms with Crippen LogP contribution in [0.15, 0.2) is 0 Å². The van der Waals surface area contributed by atoms with Gasteiger partial charge in [0.05, 0.1) is 17.1 Å². The first-order chi connectivity index (χ1) is 6.16. The van der Waals surface area contributed by atoms with E-state index >= 15 is 0 Å². The molecular weight excluding hydrogens is 188 g/mol. The molecule has 5 heteroatoms. The van der Waals surface area contributed by atoms with Gasteiger partial charge in [-0.3, -0.25) is 4.90 Å². The zero-order chi connectivity index (χ0) is 9.42. The highest BCUT2D eigenvalue weighted by molar-refractivity contribution is 7.81. The number of hydrogen-bond acceptors (Lipinski definition) is 3. The Morgan fingerprint density at radius 1 is 1.38 bits per heavy atom. The SMILES string of the molecule is CS(=O)N1CCN2CC(O)CC2C1. The van der Waals surface area contributed by atoms with Crippen LogP contribution in [0.4, 0.5) is 0 Å². The predicted octanol–water partition coefficient (Wildman–Crippen LogP) is -0.969. The summed E-state index contributed by atoms with van der Waals surface area (Å²) < 4.78 is 13.2. The van der Waals surface area contributed by atoms with Crippen molar-refractivity contribution in [1.29, 1.82) is 0 Å². The van der Waals surface area contributed by atoms with Crippen molar-refractivity contribution in [3.8, 4) is 0 Å². The van der Waals surface area contributed by atoms with Gasteiger partial charge < -0.3 is 5.11 Å². The van der Waals surface area contributed by atoms with Gasteiger partial charge in [-0.25, -0.2) is 8.51 Å². The Kier molecular flexibility index (Phi) is 2.69. The Balaban J connectivity index is 1.97. The zero-order valence-corrected chi connectivity index (χ0v) is 8.66. The van der Waals surface area contributed by atoms with E-state index in [9.17, 15) is 9.32 Å². The molecule has 2 heterocycles. The van der Waals surface area contributed by atoms with Crippen LogP contribution in [0.5, 0.6) is 0 Å². The van der Waals surface area contributed by atoms with Crippen LogP contribution in [0.2, 0.25) is 0 Å². The average Bonchev–Trinajstić information content (AvgIpc) is 2.42. The van der Waals surface area contributed by atoms with Crippen LogP contribution in [0.1, 0.15) is 6.42 Å². The first-order valence-corrected chi connectivity index (χ1v) is 6.19. The molecule has 2 rings (SSSR count). The molecule has 0 aromatic heterocycles. The lowest BCUT2D eigenvalue weighted by atomic mass is 10.2. The second kappa shape index (κ2) is 3.65. The van der Waals surface area contributed by atoms with Crippen LogP contribution in [0, 0.1) is 0 Å². The summed E-state index contributed by atoms with van der Waals surface area (Å²) in [7, 11) is -0.848. The summed E-state index contributed by atoms with van der Waals surface area (Å²) in [6.07, 6.45) is 2.39. The van der Waals surface area contributed by atoms with Crippen molar-refractivity contribution in [1.82, 2.24) is 9.21 Å². The minimum absolute atomic E-state index is 0.171. The van der Waals surface area contributed by atoms with Crippen molar-refractivity contribution in [2.75, 3.05) is 32.4 Å². The molecule has 13 heavy (non-hydrogen) atoms. The largest absolute Gasteiger partial charge is 0.392 e. The number of nitrogens with zero attached hydrogens (tertiary/aromatic N) is 2. The van der Waals surface area contributed by atoms with Crippen molar-refractivity contribution in [2.45, 2.75) is 18.6 Å². The van der Waals surface area contributed by atoms with E-state index in [1.807, 2.05) is 4.31 Å². The van der Waals surface area contributed by atoms with Crippen LogP contribution in [-0.2, 0) is 11.0 Å². The third kappa shape index (κ3) is 1.93. The lowest BCUT2D eigenvalue weighted by Crippen LogP contribution is -2.50. The second-order valence-corrected chi connectivity index (χ2v) is 5.21. The van der Waals surface area contributed by atoms with Gasteiger partial charge in [-0.05, 0) is 6.42 Å². The van der Waals surface area contributed by atoms with Gasteiger partial charge >= 0.3 is 0 Å². The van der Waals surface area contributed by atoms with E-state index in [2.05, 4.69) is 4.90 Å². The number of fused-ring (bicyclic) bond motifs is 1. The summed E-state index contributed by atoms with van der Waals surface area (Å²) in [5.74, 6) is 0. The molecule has 3 unspecified atom stereocenters. The zero-order valence-electron chi connectivity index (χ0n) is 7.85. The number of aliphatic hydroxyl groups excluding tert-OH is 1. The van der Waals surface area contributed by atoms with E-state index in [4.69, 9.17) is 0 Å². The van der Waals surface area contributed by atoms with E-state index in [0.29, 0.717) is 6.04 Å². The molecule has 0 aliphatic carbocycles. The Morgan fingerprint density at radius 2 is 2.15 bits per heavy atom. The number of aliphatic hydroxyl groups is 1. The Labute approximate surface area is 81.1 Å². The monoisotopic (exact) mass is 204 g/mol. The summed E-state index contributed by atoms with van der Waals surface area (Å²) in [4.78, 5) is 2.30. The van der Waals surface area contributed by atoms with Crippen molar-refractivity contribution in [3.63, 3.8) is 0 Å². The van der Waals surface area contributed by atoms with Crippen LogP contribution in [0.3, 0.4) is 0 Å². The molecule has 0 aromatic rings. The Hall–Kier alpha value is 0.0300. The van der Waals surface area contributed by atoms with Gasteiger partial charge in [0.25, 0.3) is 0 Å². The smallest absolute Gasteiger partial charge is 0.0911 e. The van der Waals surface area contributed by atoms with E-state index in [-0.39, 0.29) is 6.10 Å². The van der Waals surface area contributed by atoms with Crippen molar-refractivity contribution >= 4 is 11.0 Å². The van der Waals surface area contributed by atoms with Gasteiger partial charge in [-0.2, -0.15) is 0 Å². The molecule has 0 radical (unpaired) electrons. The van der Waals surface area contributed by atoms with Crippen molar-refractivity contribution in [2.24, 2.45) is 0 Å². The Bertz CT molecular complexity index is 224. The van der Waals surface area contributed by atoms with Gasteiger partial charge in [0.2, 0.25) is 0 Å². The molecule has 4 nitrogen and oxygen atoms in total. The summed E-state index contributed by atoms with van der Waals surface area (Å²) in [5, 5.41) is 9.45. The fourth-order valence-corrected chi connectivity index (χ4v) is 2.94. The van der Waals surface area contributed by atoms with E-state index in [1.165, 1.54) is 0 Å². The number of hydrogen-bond donors (Lipinski definition) is 1. The summed E-state index contributed by atoms with van der Waals surface area (Å²) in [6.45, 7) is 3.46. The second-order valence-electron chi connectivity index (χ2n) is 3.85. The third-order valence-corrected chi connectivity index (χ3v) is 3.98. The lowest BCUT2D eigenvalue weighted by Gasteiger charge is -2.35. The van der Waals surface area contributed by atoms with E-state index in [1.54, 1.807) is 6.26 Å². The van der Waals surface area contributed by atoms with Gasteiger partial charge in [0.1, 0.15) is 0 Å². The van der Waals surface area contributed by atoms with E-state index in [0.717, 1.165) is 32.6 Å². The summed E-state index contributed by atoms with van der Waals surface area (Å²) >= 11 is 0. The molecule has 0 amide bonds. The molecule has 0 spiro atoms. The van der Waals surface area contributed by atoms with Crippen LogP contribution in [0.25, 0.3) is 0 Å². The van der Waals surface area contributed by atoms with Gasteiger partial charge in [0.15, 0.2) is 0 Å². The molecular formula is C8H16N2O2S. The highest BCUT2D eigenvalue weighted by atomic mass is 32.2. The fourth-order valence-electron chi connectivity index (χ4n) is 2.22. The summed E-state index contributed by atoms with van der Waals surface area (Å²) in [6, 6.07) is 0.424. The number of piperazine rings is 1. The molecule has 2 saturated heterocycles. The minimum Gasteiger partial charge on any atom is -0.392 e. The van der Waals surface area contributed by atoms with Crippen molar-refractivity contribution in [3.05, 3.63) is 0 Å². The van der Waals surface area contributed by atoms with Gasteiger partial charge in [-0.15, -0.1) is 0 Å². The molecule has 0 bridgehead atoms. The van der Waals surface area contributed by atoms with Gasteiger partial charge in [0, 0.05) is 38.5 Å². The molecule has 76 valence electrons. The molecule has 2 fully saturated rings. The maximum atomic E-state index is 11.2. The fraction of sp³-hybridized carbons (Fsp3) is 1.00. The van der Waals surface area contributed by atoms with Crippen molar-refractivity contribution < 1.29 is 9.32 Å². The normalized spacial score (nSPS) is 38.9. The molecule has 0 aromatic carbocycles. The predicted molar refractivity (Wildman–Crippen MR) is 51.6 cm³/mol. The molecule has 2 aliphatic rings. The molecule has 1 N–H and O–H groups in total. The molecule has 0 saturated carbocycles. The van der Waals surface area contributed by atoms with Gasteiger partial charge in [-0.1, -0.05) is 0 Å².